The van der Waals surface area contributed by atoms with Crippen LogP contribution in [0.4, 0.5) is 5.13 Å². The Balaban J connectivity index is 1.63. The lowest BCUT2D eigenvalue weighted by Crippen LogP contribution is -2.54. The first-order chi connectivity index (χ1) is 11.6. The van der Waals surface area contributed by atoms with Gasteiger partial charge in [0.15, 0.2) is 5.13 Å². The highest BCUT2D eigenvalue weighted by Crippen LogP contribution is 2.24. The SMILES string of the molecule is CCc1cccc(Cc2cnc(NC(=O)C3(N)CCOCC3)s2)c1. The van der Waals surface area contributed by atoms with E-state index in [1.54, 1.807) is 0 Å². The number of ether oxygens (including phenoxy) is 1. The number of benzene rings is 1. The number of carbonyl (C=O) groups is 1. The summed E-state index contributed by atoms with van der Waals surface area (Å²) in [6.07, 6.45) is 4.76. The molecular weight excluding hydrogens is 322 g/mol. The zero-order valence-corrected chi connectivity index (χ0v) is 14.7. The number of amides is 1. The minimum absolute atomic E-state index is 0.167. The van der Waals surface area contributed by atoms with Crippen molar-refractivity contribution in [2.45, 2.75) is 38.1 Å². The second-order valence-corrected chi connectivity index (χ2v) is 7.32. The molecule has 0 spiro atoms. The fourth-order valence-corrected chi connectivity index (χ4v) is 3.63. The summed E-state index contributed by atoms with van der Waals surface area (Å²) >= 11 is 1.50. The number of nitrogens with one attached hydrogen (secondary N) is 1. The average Bonchev–Trinajstić information content (AvgIpc) is 3.02. The van der Waals surface area contributed by atoms with E-state index in [4.69, 9.17) is 10.5 Å². The van der Waals surface area contributed by atoms with Crippen LogP contribution < -0.4 is 11.1 Å². The van der Waals surface area contributed by atoms with Crippen LogP contribution >= 0.6 is 11.3 Å². The van der Waals surface area contributed by atoms with Crippen molar-refractivity contribution in [3.05, 3.63) is 46.5 Å². The maximum atomic E-state index is 12.4. The molecule has 24 heavy (non-hydrogen) atoms. The van der Waals surface area contributed by atoms with E-state index in [0.717, 1.165) is 17.7 Å². The fourth-order valence-electron chi connectivity index (χ4n) is 2.79. The van der Waals surface area contributed by atoms with Crippen molar-refractivity contribution in [1.29, 1.82) is 0 Å². The Labute approximate surface area is 146 Å². The van der Waals surface area contributed by atoms with Gasteiger partial charge < -0.3 is 15.8 Å². The van der Waals surface area contributed by atoms with Crippen molar-refractivity contribution < 1.29 is 9.53 Å². The van der Waals surface area contributed by atoms with Crippen LogP contribution in [0, 0.1) is 0 Å². The summed E-state index contributed by atoms with van der Waals surface area (Å²) in [7, 11) is 0. The summed E-state index contributed by atoms with van der Waals surface area (Å²) in [4.78, 5) is 17.9. The van der Waals surface area contributed by atoms with Crippen molar-refractivity contribution in [3.63, 3.8) is 0 Å². The molecule has 1 saturated heterocycles. The number of nitrogens with zero attached hydrogens (tertiary/aromatic N) is 1. The third kappa shape index (κ3) is 4.01. The number of carbonyl (C=O) groups excluding carboxylic acids is 1. The van der Waals surface area contributed by atoms with Crippen molar-refractivity contribution in [2.75, 3.05) is 18.5 Å². The lowest BCUT2D eigenvalue weighted by atomic mass is 9.90. The zero-order chi connectivity index (χ0) is 17.0. The van der Waals surface area contributed by atoms with Crippen molar-refractivity contribution in [2.24, 2.45) is 5.73 Å². The average molecular weight is 345 g/mol. The minimum Gasteiger partial charge on any atom is -0.381 e. The second kappa shape index (κ2) is 7.42. The molecule has 1 aromatic heterocycles. The van der Waals surface area contributed by atoms with E-state index in [1.165, 1.54) is 22.5 Å². The smallest absolute Gasteiger partial charge is 0.246 e. The van der Waals surface area contributed by atoms with Gasteiger partial charge in [-0.3, -0.25) is 4.79 Å². The summed E-state index contributed by atoms with van der Waals surface area (Å²) in [5, 5.41) is 3.48. The molecule has 0 unspecified atom stereocenters. The van der Waals surface area contributed by atoms with E-state index < -0.39 is 5.54 Å². The lowest BCUT2D eigenvalue weighted by molar-refractivity contribution is -0.124. The Hall–Kier alpha value is -1.76. The van der Waals surface area contributed by atoms with Gasteiger partial charge in [-0.05, 0) is 30.4 Å². The summed E-state index contributed by atoms with van der Waals surface area (Å²) in [5.41, 5.74) is 7.94. The van der Waals surface area contributed by atoms with E-state index in [-0.39, 0.29) is 5.91 Å². The highest BCUT2D eigenvalue weighted by atomic mass is 32.1. The Morgan fingerprint density at radius 2 is 2.12 bits per heavy atom. The molecule has 0 radical (unpaired) electrons. The van der Waals surface area contributed by atoms with Crippen LogP contribution in [0.2, 0.25) is 0 Å². The third-order valence-corrected chi connectivity index (χ3v) is 5.30. The molecule has 0 aliphatic carbocycles. The molecule has 0 bridgehead atoms. The molecule has 1 amide bonds. The first-order valence-electron chi connectivity index (χ1n) is 8.30. The molecule has 0 saturated carbocycles. The molecule has 2 aromatic rings. The molecular formula is C18H23N3O2S. The molecule has 2 heterocycles. The van der Waals surface area contributed by atoms with Crippen LogP contribution in [0.1, 0.15) is 35.8 Å². The summed E-state index contributed by atoms with van der Waals surface area (Å²) in [6.45, 7) is 3.21. The van der Waals surface area contributed by atoms with Crippen LogP contribution in [0.5, 0.6) is 0 Å². The molecule has 1 aromatic carbocycles. The Morgan fingerprint density at radius 1 is 1.38 bits per heavy atom. The normalized spacial score (nSPS) is 16.8. The fraction of sp³-hybridized carbons (Fsp3) is 0.444. The van der Waals surface area contributed by atoms with E-state index in [0.29, 0.717) is 31.2 Å². The molecule has 3 N–H and O–H groups in total. The van der Waals surface area contributed by atoms with Gasteiger partial charge in [-0.1, -0.05) is 31.2 Å². The van der Waals surface area contributed by atoms with E-state index in [2.05, 4.69) is 41.5 Å². The monoisotopic (exact) mass is 345 g/mol. The van der Waals surface area contributed by atoms with Gasteiger partial charge >= 0.3 is 0 Å². The minimum atomic E-state index is -0.848. The molecule has 5 nitrogen and oxygen atoms in total. The largest absolute Gasteiger partial charge is 0.381 e. The van der Waals surface area contributed by atoms with Gasteiger partial charge in [0.2, 0.25) is 5.91 Å². The summed E-state index contributed by atoms with van der Waals surface area (Å²) < 4.78 is 5.28. The van der Waals surface area contributed by atoms with Crippen LogP contribution in [0.25, 0.3) is 0 Å². The number of thiazole rings is 1. The molecule has 128 valence electrons. The maximum Gasteiger partial charge on any atom is 0.246 e. The van der Waals surface area contributed by atoms with E-state index in [1.807, 2.05) is 6.20 Å². The van der Waals surface area contributed by atoms with Gasteiger partial charge in [0.25, 0.3) is 0 Å². The number of rotatable bonds is 5. The first kappa shape index (κ1) is 17.1. The topological polar surface area (TPSA) is 77.2 Å². The lowest BCUT2D eigenvalue weighted by Gasteiger charge is -2.31. The molecule has 6 heteroatoms. The molecule has 0 atom stereocenters. The third-order valence-electron chi connectivity index (χ3n) is 4.39. The number of hydrogen-bond acceptors (Lipinski definition) is 5. The quantitative estimate of drug-likeness (QED) is 0.873. The van der Waals surface area contributed by atoms with Crippen LogP contribution in [0.15, 0.2) is 30.5 Å². The number of aryl methyl sites for hydroxylation is 1. The van der Waals surface area contributed by atoms with E-state index >= 15 is 0 Å². The summed E-state index contributed by atoms with van der Waals surface area (Å²) in [6, 6.07) is 8.56. The van der Waals surface area contributed by atoms with Crippen molar-refractivity contribution >= 4 is 22.4 Å². The molecule has 3 rings (SSSR count). The first-order valence-corrected chi connectivity index (χ1v) is 9.11. The number of nitrogens with two attached hydrogens (primary N) is 1. The highest BCUT2D eigenvalue weighted by molar-refractivity contribution is 7.15. The van der Waals surface area contributed by atoms with Gasteiger partial charge in [-0.2, -0.15) is 0 Å². The van der Waals surface area contributed by atoms with Gasteiger partial charge in [-0.25, -0.2) is 4.98 Å². The predicted molar refractivity (Wildman–Crippen MR) is 96.3 cm³/mol. The second-order valence-electron chi connectivity index (χ2n) is 6.20. The van der Waals surface area contributed by atoms with Crippen molar-refractivity contribution in [1.82, 2.24) is 4.98 Å². The van der Waals surface area contributed by atoms with Crippen LogP contribution in [-0.4, -0.2) is 29.6 Å². The zero-order valence-electron chi connectivity index (χ0n) is 13.9. The molecule has 1 fully saturated rings. The maximum absolute atomic E-state index is 12.4. The standard InChI is InChI=1S/C18H23N3O2S/c1-2-13-4-3-5-14(10-13)11-15-12-20-17(24-15)21-16(22)18(19)6-8-23-9-7-18/h3-5,10,12H,2,6-9,11,19H2,1H3,(H,20,21,22). The summed E-state index contributed by atoms with van der Waals surface area (Å²) in [5.74, 6) is -0.167. The highest BCUT2D eigenvalue weighted by Gasteiger charge is 2.36. The van der Waals surface area contributed by atoms with Crippen molar-refractivity contribution in [3.8, 4) is 0 Å². The van der Waals surface area contributed by atoms with E-state index in [9.17, 15) is 4.79 Å². The Kier molecular flexibility index (Phi) is 5.28. The Morgan fingerprint density at radius 3 is 2.88 bits per heavy atom. The van der Waals surface area contributed by atoms with Gasteiger partial charge in [-0.15, -0.1) is 11.3 Å². The Bertz CT molecular complexity index is 708. The van der Waals surface area contributed by atoms with Gasteiger partial charge in [0.1, 0.15) is 5.54 Å². The number of hydrogen-bond donors (Lipinski definition) is 2. The van der Waals surface area contributed by atoms with Crippen LogP contribution in [0.3, 0.4) is 0 Å². The molecule has 1 aliphatic rings. The van der Waals surface area contributed by atoms with Gasteiger partial charge in [0, 0.05) is 30.7 Å². The number of aromatic nitrogens is 1. The predicted octanol–water partition coefficient (Wildman–Crippen LogP) is 2.74. The number of anilines is 1. The van der Waals surface area contributed by atoms with Gasteiger partial charge in [0.05, 0.1) is 0 Å². The van der Waals surface area contributed by atoms with Crippen LogP contribution in [-0.2, 0) is 22.4 Å². The molecule has 1 aliphatic heterocycles.